The molecule has 150 valence electrons. The fourth-order valence-electron chi connectivity index (χ4n) is 4.22. The highest BCUT2D eigenvalue weighted by Crippen LogP contribution is 2.29. The van der Waals surface area contributed by atoms with Crippen LogP contribution in [-0.4, -0.2) is 41.5 Å². The molecule has 4 heteroatoms. The number of rotatable bonds is 7. The summed E-state index contributed by atoms with van der Waals surface area (Å²) in [6.45, 7) is 9.10. The molecule has 0 radical (unpaired) electrons. The van der Waals surface area contributed by atoms with E-state index in [-0.39, 0.29) is 5.91 Å². The largest absolute Gasteiger partial charge is 0.299 e. The molecular formula is C24H33N3O. The van der Waals surface area contributed by atoms with Crippen molar-refractivity contribution in [3.63, 3.8) is 0 Å². The number of piperidine rings is 1. The molecule has 1 aromatic heterocycles. The molecule has 0 saturated carbocycles. The van der Waals surface area contributed by atoms with Crippen LogP contribution in [0.25, 0.3) is 0 Å². The van der Waals surface area contributed by atoms with Gasteiger partial charge in [-0.05, 0) is 68.5 Å². The Labute approximate surface area is 169 Å². The van der Waals surface area contributed by atoms with Gasteiger partial charge in [-0.1, -0.05) is 44.2 Å². The summed E-state index contributed by atoms with van der Waals surface area (Å²) in [4.78, 5) is 21.6. The van der Waals surface area contributed by atoms with Crippen LogP contribution in [0, 0.1) is 6.92 Å². The van der Waals surface area contributed by atoms with E-state index in [2.05, 4.69) is 47.1 Å². The predicted octanol–water partition coefficient (Wildman–Crippen LogP) is 4.79. The molecule has 2 heterocycles. The molecule has 1 fully saturated rings. The highest BCUT2D eigenvalue weighted by molar-refractivity contribution is 5.92. The molecule has 0 N–H and O–H groups in total. The molecule has 0 bridgehead atoms. The Morgan fingerprint density at radius 2 is 1.89 bits per heavy atom. The molecule has 3 rings (SSSR count). The van der Waals surface area contributed by atoms with Crippen LogP contribution in [0.2, 0.25) is 0 Å². The summed E-state index contributed by atoms with van der Waals surface area (Å²) in [5, 5.41) is 0. The molecule has 4 nitrogen and oxygen atoms in total. The zero-order valence-corrected chi connectivity index (χ0v) is 17.5. The quantitative estimate of drug-likeness (QED) is 0.694. The van der Waals surface area contributed by atoms with Crippen molar-refractivity contribution < 1.29 is 4.79 Å². The normalized spacial score (nSPS) is 16.7. The number of carbonyl (C=O) groups is 1. The van der Waals surface area contributed by atoms with Crippen molar-refractivity contribution >= 4 is 11.7 Å². The number of benzene rings is 1. The van der Waals surface area contributed by atoms with Crippen LogP contribution in [0.5, 0.6) is 0 Å². The third kappa shape index (κ3) is 4.99. The standard InChI is InChI=1S/C24H33N3O/c1-4-22(18-27(24(28)5-2)23-17-19(3)11-14-25-23)26-15-12-21(13-16-26)20-9-7-6-8-10-20/h6-11,14,17,21-22H,4-5,12-13,15-16,18H2,1-3H3. The van der Waals surface area contributed by atoms with Crippen molar-refractivity contribution in [3.8, 4) is 0 Å². The lowest BCUT2D eigenvalue weighted by molar-refractivity contribution is -0.118. The van der Waals surface area contributed by atoms with E-state index in [1.807, 2.05) is 30.9 Å². The van der Waals surface area contributed by atoms with Crippen LogP contribution >= 0.6 is 0 Å². The van der Waals surface area contributed by atoms with Crippen LogP contribution in [0.3, 0.4) is 0 Å². The fraction of sp³-hybridized carbons (Fsp3) is 0.500. The molecule has 28 heavy (non-hydrogen) atoms. The van der Waals surface area contributed by atoms with E-state index >= 15 is 0 Å². The van der Waals surface area contributed by atoms with Gasteiger partial charge in [-0.2, -0.15) is 0 Å². The van der Waals surface area contributed by atoms with Crippen LogP contribution in [0.4, 0.5) is 5.82 Å². The second-order valence-electron chi connectivity index (χ2n) is 7.83. The molecule has 1 atom stereocenters. The molecule has 1 amide bonds. The van der Waals surface area contributed by atoms with E-state index < -0.39 is 0 Å². The Bertz CT molecular complexity index is 753. The van der Waals surface area contributed by atoms with E-state index in [0.717, 1.165) is 37.4 Å². The minimum absolute atomic E-state index is 0.149. The third-order valence-corrected chi connectivity index (χ3v) is 5.96. The highest BCUT2D eigenvalue weighted by atomic mass is 16.2. The topological polar surface area (TPSA) is 36.4 Å². The molecule has 1 saturated heterocycles. The van der Waals surface area contributed by atoms with Gasteiger partial charge in [0, 0.05) is 25.2 Å². The summed E-state index contributed by atoms with van der Waals surface area (Å²) in [5.41, 5.74) is 2.59. The lowest BCUT2D eigenvalue weighted by Gasteiger charge is -2.39. The van der Waals surface area contributed by atoms with Gasteiger partial charge in [0.2, 0.25) is 5.91 Å². The van der Waals surface area contributed by atoms with Crippen molar-refractivity contribution in [3.05, 3.63) is 59.8 Å². The SMILES string of the molecule is CCC(=O)N(CC(CC)N1CCC(c2ccccc2)CC1)c1cc(C)ccn1. The predicted molar refractivity (Wildman–Crippen MR) is 116 cm³/mol. The molecule has 0 aliphatic carbocycles. The number of amides is 1. The maximum atomic E-state index is 12.7. The maximum Gasteiger partial charge on any atom is 0.227 e. The summed E-state index contributed by atoms with van der Waals surface area (Å²) < 4.78 is 0. The fourth-order valence-corrected chi connectivity index (χ4v) is 4.22. The minimum atomic E-state index is 0.149. The Kier molecular flexibility index (Phi) is 7.21. The number of aryl methyl sites for hydroxylation is 1. The number of carbonyl (C=O) groups excluding carboxylic acids is 1. The molecule has 1 unspecified atom stereocenters. The van der Waals surface area contributed by atoms with Gasteiger partial charge >= 0.3 is 0 Å². The van der Waals surface area contributed by atoms with Gasteiger partial charge < -0.3 is 0 Å². The summed E-state index contributed by atoms with van der Waals surface area (Å²) in [6.07, 6.45) is 5.71. The van der Waals surface area contributed by atoms with E-state index in [0.29, 0.717) is 18.4 Å². The van der Waals surface area contributed by atoms with E-state index in [1.165, 1.54) is 18.4 Å². The molecule has 1 aliphatic heterocycles. The number of hydrogen-bond acceptors (Lipinski definition) is 3. The number of anilines is 1. The molecule has 0 spiro atoms. The van der Waals surface area contributed by atoms with Gasteiger partial charge in [-0.15, -0.1) is 0 Å². The average molecular weight is 380 g/mol. The van der Waals surface area contributed by atoms with Gasteiger partial charge in [0.05, 0.1) is 0 Å². The van der Waals surface area contributed by atoms with E-state index in [9.17, 15) is 4.79 Å². The first kappa shape index (κ1) is 20.5. The molecule has 1 aliphatic rings. The van der Waals surface area contributed by atoms with Crippen molar-refractivity contribution in [2.75, 3.05) is 24.5 Å². The summed E-state index contributed by atoms with van der Waals surface area (Å²) in [5.74, 6) is 1.59. The number of hydrogen-bond donors (Lipinski definition) is 0. The first-order chi connectivity index (χ1) is 13.6. The Morgan fingerprint density at radius 1 is 1.18 bits per heavy atom. The van der Waals surface area contributed by atoms with Crippen molar-refractivity contribution in [1.82, 2.24) is 9.88 Å². The first-order valence-corrected chi connectivity index (χ1v) is 10.6. The highest BCUT2D eigenvalue weighted by Gasteiger charge is 2.28. The van der Waals surface area contributed by atoms with Gasteiger partial charge in [-0.3, -0.25) is 14.6 Å². The Hall–Kier alpha value is -2.20. The average Bonchev–Trinajstić information content (AvgIpc) is 2.75. The van der Waals surface area contributed by atoms with Crippen molar-refractivity contribution in [2.45, 2.75) is 58.4 Å². The lowest BCUT2D eigenvalue weighted by Crippen LogP contribution is -2.48. The Morgan fingerprint density at radius 3 is 2.50 bits per heavy atom. The number of nitrogens with zero attached hydrogens (tertiary/aromatic N) is 3. The minimum Gasteiger partial charge on any atom is -0.299 e. The summed E-state index contributed by atoms with van der Waals surface area (Å²) >= 11 is 0. The maximum absolute atomic E-state index is 12.7. The number of aromatic nitrogens is 1. The van der Waals surface area contributed by atoms with Crippen molar-refractivity contribution in [1.29, 1.82) is 0 Å². The zero-order chi connectivity index (χ0) is 19.9. The summed E-state index contributed by atoms with van der Waals surface area (Å²) in [6, 6.07) is 15.2. The van der Waals surface area contributed by atoms with Crippen LogP contribution in [-0.2, 0) is 4.79 Å². The van der Waals surface area contributed by atoms with Gasteiger partial charge in [-0.25, -0.2) is 4.98 Å². The van der Waals surface area contributed by atoms with Crippen LogP contribution in [0.15, 0.2) is 48.7 Å². The van der Waals surface area contributed by atoms with Gasteiger partial charge in [0.25, 0.3) is 0 Å². The van der Waals surface area contributed by atoms with E-state index in [1.54, 1.807) is 6.20 Å². The van der Waals surface area contributed by atoms with Gasteiger partial charge in [0.1, 0.15) is 5.82 Å². The van der Waals surface area contributed by atoms with Crippen LogP contribution in [0.1, 0.15) is 56.6 Å². The second-order valence-corrected chi connectivity index (χ2v) is 7.83. The number of likely N-dealkylation sites (tertiary alicyclic amines) is 1. The molecular weight excluding hydrogens is 346 g/mol. The first-order valence-electron chi connectivity index (χ1n) is 10.6. The second kappa shape index (κ2) is 9.83. The zero-order valence-electron chi connectivity index (χ0n) is 17.5. The van der Waals surface area contributed by atoms with Crippen molar-refractivity contribution in [2.24, 2.45) is 0 Å². The lowest BCUT2D eigenvalue weighted by atomic mass is 9.88. The smallest absolute Gasteiger partial charge is 0.227 e. The molecule has 2 aromatic rings. The molecule has 1 aromatic carbocycles. The monoisotopic (exact) mass is 379 g/mol. The van der Waals surface area contributed by atoms with Gasteiger partial charge in [0.15, 0.2) is 0 Å². The summed E-state index contributed by atoms with van der Waals surface area (Å²) in [7, 11) is 0. The number of pyridine rings is 1. The van der Waals surface area contributed by atoms with E-state index in [4.69, 9.17) is 0 Å². The Balaban J connectivity index is 1.67. The third-order valence-electron chi connectivity index (χ3n) is 5.96. The van der Waals surface area contributed by atoms with Crippen LogP contribution < -0.4 is 4.90 Å².